The van der Waals surface area contributed by atoms with Crippen molar-refractivity contribution in [1.82, 2.24) is 10.3 Å². The Morgan fingerprint density at radius 2 is 1.56 bits per heavy atom. The zero-order valence-corrected chi connectivity index (χ0v) is 21.3. The largest absolute Gasteiger partial charge is 0.364 e. The van der Waals surface area contributed by atoms with Gasteiger partial charge in [0.15, 0.2) is 0 Å². The number of hydrogen-bond donors (Lipinski definition) is 1. The molecule has 3 aromatic rings. The number of benzene rings is 2. The SMILES string of the molecule is Cc1cc(-c2cc(CN(c3ccc(Cl)cc3)C3CCNCC3)ccn2)cc(C)c1C.Cl.Cl. The summed E-state index contributed by atoms with van der Waals surface area (Å²) >= 11 is 6.15. The average molecular weight is 493 g/mol. The number of aryl methyl sites for hydroxylation is 2. The second-order valence-electron chi connectivity index (χ2n) is 8.37. The predicted octanol–water partition coefficient (Wildman–Crippen LogP) is 6.93. The third kappa shape index (κ3) is 6.17. The molecule has 0 unspecified atom stereocenters. The second-order valence-corrected chi connectivity index (χ2v) is 8.81. The highest BCUT2D eigenvalue weighted by Gasteiger charge is 2.22. The summed E-state index contributed by atoms with van der Waals surface area (Å²) < 4.78 is 0. The average Bonchev–Trinajstić information content (AvgIpc) is 2.77. The first kappa shape index (κ1) is 26.5. The van der Waals surface area contributed by atoms with Gasteiger partial charge in [0.1, 0.15) is 0 Å². The zero-order valence-electron chi connectivity index (χ0n) is 18.9. The van der Waals surface area contributed by atoms with Gasteiger partial charge in [-0.3, -0.25) is 4.98 Å². The molecule has 1 aromatic heterocycles. The monoisotopic (exact) mass is 491 g/mol. The first-order chi connectivity index (χ1) is 14.5. The molecule has 0 aliphatic carbocycles. The van der Waals surface area contributed by atoms with Crippen LogP contribution >= 0.6 is 36.4 Å². The van der Waals surface area contributed by atoms with Crippen molar-refractivity contribution in [3.8, 4) is 11.3 Å². The summed E-state index contributed by atoms with van der Waals surface area (Å²) in [5, 5.41) is 4.26. The normalized spacial score (nSPS) is 13.8. The lowest BCUT2D eigenvalue weighted by Crippen LogP contribution is -2.43. The molecule has 6 heteroatoms. The molecule has 1 aliphatic rings. The topological polar surface area (TPSA) is 28.2 Å². The van der Waals surface area contributed by atoms with Crippen molar-refractivity contribution in [3.63, 3.8) is 0 Å². The maximum Gasteiger partial charge on any atom is 0.0705 e. The van der Waals surface area contributed by atoms with Crippen molar-refractivity contribution in [1.29, 1.82) is 0 Å². The molecule has 0 amide bonds. The van der Waals surface area contributed by atoms with Gasteiger partial charge in [0.25, 0.3) is 0 Å². The van der Waals surface area contributed by atoms with Crippen molar-refractivity contribution in [2.24, 2.45) is 0 Å². The molecule has 4 rings (SSSR count). The highest BCUT2D eigenvalue weighted by molar-refractivity contribution is 6.30. The van der Waals surface area contributed by atoms with E-state index in [1.807, 2.05) is 18.3 Å². The van der Waals surface area contributed by atoms with E-state index in [0.717, 1.165) is 43.2 Å². The molecule has 0 radical (unpaired) electrons. The lowest BCUT2D eigenvalue weighted by molar-refractivity contribution is 0.428. The molecular formula is C26H32Cl3N3. The number of rotatable bonds is 5. The Kier molecular flexibility index (Phi) is 9.84. The third-order valence-corrected chi connectivity index (χ3v) is 6.56. The van der Waals surface area contributed by atoms with Crippen LogP contribution in [-0.4, -0.2) is 24.1 Å². The smallest absolute Gasteiger partial charge is 0.0705 e. The number of pyridine rings is 1. The van der Waals surface area contributed by atoms with Crippen LogP contribution in [0.1, 0.15) is 35.1 Å². The Labute approximate surface area is 209 Å². The molecule has 1 fully saturated rings. The summed E-state index contributed by atoms with van der Waals surface area (Å²) in [6.45, 7) is 9.54. The number of halogens is 3. The van der Waals surface area contributed by atoms with Crippen LogP contribution in [0.2, 0.25) is 5.02 Å². The van der Waals surface area contributed by atoms with Gasteiger partial charge in [-0.15, -0.1) is 24.8 Å². The van der Waals surface area contributed by atoms with Gasteiger partial charge in [-0.2, -0.15) is 0 Å². The first-order valence-electron chi connectivity index (χ1n) is 10.8. The minimum Gasteiger partial charge on any atom is -0.364 e. The van der Waals surface area contributed by atoms with Gasteiger partial charge in [-0.05, 0) is 117 Å². The predicted molar refractivity (Wildman–Crippen MR) is 142 cm³/mol. The number of aromatic nitrogens is 1. The van der Waals surface area contributed by atoms with Crippen LogP contribution in [0.3, 0.4) is 0 Å². The maximum atomic E-state index is 6.15. The summed E-state index contributed by atoms with van der Waals surface area (Å²) in [6.07, 6.45) is 4.24. The maximum absolute atomic E-state index is 6.15. The Morgan fingerprint density at radius 3 is 2.19 bits per heavy atom. The van der Waals surface area contributed by atoms with Crippen LogP contribution < -0.4 is 10.2 Å². The minimum atomic E-state index is 0. The number of piperidine rings is 1. The Balaban J connectivity index is 0.00000181. The van der Waals surface area contributed by atoms with Gasteiger partial charge >= 0.3 is 0 Å². The number of anilines is 1. The fraction of sp³-hybridized carbons (Fsp3) is 0.346. The Morgan fingerprint density at radius 1 is 0.938 bits per heavy atom. The van der Waals surface area contributed by atoms with Crippen LogP contribution in [-0.2, 0) is 6.54 Å². The van der Waals surface area contributed by atoms with Crippen molar-refractivity contribution in [2.45, 2.75) is 46.2 Å². The van der Waals surface area contributed by atoms with Gasteiger partial charge < -0.3 is 10.2 Å². The van der Waals surface area contributed by atoms with Gasteiger partial charge in [-0.1, -0.05) is 11.6 Å². The molecule has 3 nitrogen and oxygen atoms in total. The molecule has 0 saturated carbocycles. The van der Waals surface area contributed by atoms with E-state index >= 15 is 0 Å². The van der Waals surface area contributed by atoms with E-state index in [2.05, 4.69) is 72.4 Å². The molecule has 2 aromatic carbocycles. The quantitative estimate of drug-likeness (QED) is 0.418. The molecule has 2 heterocycles. The van der Waals surface area contributed by atoms with E-state index in [1.165, 1.54) is 33.5 Å². The van der Waals surface area contributed by atoms with E-state index in [9.17, 15) is 0 Å². The van der Waals surface area contributed by atoms with E-state index in [0.29, 0.717) is 6.04 Å². The van der Waals surface area contributed by atoms with E-state index in [1.54, 1.807) is 0 Å². The molecule has 1 saturated heterocycles. The van der Waals surface area contributed by atoms with Crippen molar-refractivity contribution < 1.29 is 0 Å². The molecule has 0 spiro atoms. The molecule has 172 valence electrons. The summed E-state index contributed by atoms with van der Waals surface area (Å²) in [4.78, 5) is 7.21. The third-order valence-electron chi connectivity index (χ3n) is 6.31. The Hall–Kier alpha value is -1.78. The lowest BCUT2D eigenvalue weighted by Gasteiger charge is -2.36. The van der Waals surface area contributed by atoms with Crippen molar-refractivity contribution in [2.75, 3.05) is 18.0 Å². The van der Waals surface area contributed by atoms with E-state index in [4.69, 9.17) is 11.6 Å². The van der Waals surface area contributed by atoms with Crippen LogP contribution in [0.15, 0.2) is 54.7 Å². The fourth-order valence-electron chi connectivity index (χ4n) is 4.29. The molecule has 1 aliphatic heterocycles. The van der Waals surface area contributed by atoms with Gasteiger partial charge in [-0.25, -0.2) is 0 Å². The van der Waals surface area contributed by atoms with Crippen LogP contribution in [0.25, 0.3) is 11.3 Å². The van der Waals surface area contributed by atoms with Crippen LogP contribution in [0.5, 0.6) is 0 Å². The van der Waals surface area contributed by atoms with Crippen LogP contribution in [0, 0.1) is 20.8 Å². The molecule has 0 atom stereocenters. The van der Waals surface area contributed by atoms with E-state index in [-0.39, 0.29) is 24.8 Å². The summed E-state index contributed by atoms with van der Waals surface area (Å²) in [6, 6.07) is 17.7. The second kappa shape index (κ2) is 11.9. The highest BCUT2D eigenvalue weighted by Crippen LogP contribution is 2.28. The summed E-state index contributed by atoms with van der Waals surface area (Å²) in [5.74, 6) is 0. The highest BCUT2D eigenvalue weighted by atomic mass is 35.5. The van der Waals surface area contributed by atoms with Crippen molar-refractivity contribution >= 4 is 42.1 Å². The molecular weight excluding hydrogens is 461 g/mol. The van der Waals surface area contributed by atoms with Gasteiger partial charge in [0, 0.05) is 35.1 Å². The van der Waals surface area contributed by atoms with Gasteiger partial charge in [0.2, 0.25) is 0 Å². The summed E-state index contributed by atoms with van der Waals surface area (Å²) in [7, 11) is 0. The van der Waals surface area contributed by atoms with E-state index < -0.39 is 0 Å². The number of hydrogen-bond acceptors (Lipinski definition) is 3. The number of nitrogens with one attached hydrogen (secondary N) is 1. The molecule has 1 N–H and O–H groups in total. The Bertz CT molecular complexity index is 992. The minimum absolute atomic E-state index is 0. The zero-order chi connectivity index (χ0) is 21.1. The van der Waals surface area contributed by atoms with Crippen molar-refractivity contribution in [3.05, 3.63) is 82.0 Å². The standard InChI is InChI=1S/C26H30ClN3.2ClH/c1-18-14-22(15-19(2)20(18)3)26-16-21(8-13-29-26)17-30(25-9-11-28-12-10-25)24-6-4-23(27)5-7-24;;/h4-8,13-16,25,28H,9-12,17H2,1-3H3;2*1H. The summed E-state index contributed by atoms with van der Waals surface area (Å²) in [5.41, 5.74) is 8.73. The lowest BCUT2D eigenvalue weighted by atomic mass is 9.98. The van der Waals surface area contributed by atoms with Crippen LogP contribution in [0.4, 0.5) is 5.69 Å². The number of nitrogens with zero attached hydrogens (tertiary/aromatic N) is 2. The molecule has 32 heavy (non-hydrogen) atoms. The fourth-order valence-corrected chi connectivity index (χ4v) is 4.42. The molecule has 0 bridgehead atoms. The van der Waals surface area contributed by atoms with Gasteiger partial charge in [0.05, 0.1) is 5.69 Å². The first-order valence-corrected chi connectivity index (χ1v) is 11.1.